The van der Waals surface area contributed by atoms with Crippen molar-refractivity contribution < 1.29 is 9.90 Å². The van der Waals surface area contributed by atoms with Crippen LogP contribution in [0.1, 0.15) is 54.4 Å². The first-order chi connectivity index (χ1) is 9.67. The van der Waals surface area contributed by atoms with E-state index in [1.54, 1.807) is 0 Å². The van der Waals surface area contributed by atoms with E-state index < -0.39 is 0 Å². The van der Waals surface area contributed by atoms with Crippen LogP contribution in [-0.2, 0) is 6.42 Å². The number of rotatable bonds is 5. The number of likely N-dealkylation sites (tertiary alicyclic amines) is 1. The molecular formula is C15H23N3O2. The summed E-state index contributed by atoms with van der Waals surface area (Å²) in [7, 11) is 0. The smallest absolute Gasteiger partial charge is 0.256 e. The van der Waals surface area contributed by atoms with Crippen molar-refractivity contribution in [3.63, 3.8) is 0 Å². The Morgan fingerprint density at radius 3 is 3.00 bits per heavy atom. The Balaban J connectivity index is 2.19. The number of hydrogen-bond donors (Lipinski definition) is 1. The number of amides is 1. The van der Waals surface area contributed by atoms with Crippen LogP contribution < -0.4 is 0 Å². The van der Waals surface area contributed by atoms with Gasteiger partial charge in [0.05, 0.1) is 17.0 Å². The topological polar surface area (TPSA) is 66.3 Å². The van der Waals surface area contributed by atoms with Crippen molar-refractivity contribution in [2.45, 2.75) is 52.0 Å². The normalized spacial score (nSPS) is 18.6. The molecule has 1 fully saturated rings. The van der Waals surface area contributed by atoms with Crippen LogP contribution in [0.5, 0.6) is 0 Å². The zero-order valence-electron chi connectivity index (χ0n) is 12.3. The Kier molecular flexibility index (Phi) is 5.06. The fourth-order valence-electron chi connectivity index (χ4n) is 2.85. The largest absolute Gasteiger partial charge is 0.396 e. The highest BCUT2D eigenvalue weighted by Gasteiger charge is 2.30. The fraction of sp³-hybridized carbons (Fsp3) is 0.667. The molecule has 0 aliphatic carbocycles. The van der Waals surface area contributed by atoms with Gasteiger partial charge < -0.3 is 10.0 Å². The molecule has 0 radical (unpaired) electrons. The minimum atomic E-state index is 0.0697. The second kappa shape index (κ2) is 6.79. The number of aliphatic hydroxyl groups excluding tert-OH is 1. The van der Waals surface area contributed by atoms with Gasteiger partial charge in [-0.3, -0.25) is 4.79 Å². The third-order valence-electron chi connectivity index (χ3n) is 3.89. The molecule has 1 saturated heterocycles. The molecule has 2 heterocycles. The lowest BCUT2D eigenvalue weighted by atomic mass is 10.1. The van der Waals surface area contributed by atoms with E-state index >= 15 is 0 Å². The Morgan fingerprint density at radius 2 is 2.30 bits per heavy atom. The molecule has 1 aliphatic rings. The average molecular weight is 277 g/mol. The molecule has 1 N–H and O–H groups in total. The summed E-state index contributed by atoms with van der Waals surface area (Å²) < 4.78 is 0. The van der Waals surface area contributed by atoms with Crippen molar-refractivity contribution >= 4 is 5.91 Å². The fourth-order valence-corrected chi connectivity index (χ4v) is 2.85. The first-order valence-corrected chi connectivity index (χ1v) is 7.42. The summed E-state index contributed by atoms with van der Waals surface area (Å²) in [6.45, 7) is 4.84. The maximum atomic E-state index is 12.7. The van der Waals surface area contributed by atoms with Gasteiger partial charge >= 0.3 is 0 Å². The van der Waals surface area contributed by atoms with Gasteiger partial charge in [0.15, 0.2) is 0 Å². The molecule has 20 heavy (non-hydrogen) atoms. The van der Waals surface area contributed by atoms with Gasteiger partial charge in [0.1, 0.15) is 0 Å². The van der Waals surface area contributed by atoms with Crippen LogP contribution in [0, 0.1) is 6.92 Å². The van der Waals surface area contributed by atoms with Crippen molar-refractivity contribution in [2.75, 3.05) is 13.2 Å². The Bertz CT molecular complexity index is 476. The maximum Gasteiger partial charge on any atom is 0.256 e. The lowest BCUT2D eigenvalue weighted by molar-refractivity contribution is 0.0722. The molecule has 2 rings (SSSR count). The van der Waals surface area contributed by atoms with E-state index in [1.807, 2.05) is 24.8 Å². The zero-order chi connectivity index (χ0) is 14.5. The molecule has 5 heteroatoms. The number of hydrogen-bond acceptors (Lipinski definition) is 4. The van der Waals surface area contributed by atoms with Crippen molar-refractivity contribution in [2.24, 2.45) is 0 Å². The summed E-state index contributed by atoms with van der Waals surface area (Å²) in [4.78, 5) is 14.7. The van der Waals surface area contributed by atoms with Crippen molar-refractivity contribution in [1.82, 2.24) is 15.1 Å². The van der Waals surface area contributed by atoms with Crippen LogP contribution in [0.2, 0.25) is 0 Å². The van der Waals surface area contributed by atoms with Crippen LogP contribution in [0.4, 0.5) is 0 Å². The van der Waals surface area contributed by atoms with E-state index in [4.69, 9.17) is 5.11 Å². The van der Waals surface area contributed by atoms with Crippen molar-refractivity contribution in [3.05, 3.63) is 23.0 Å². The van der Waals surface area contributed by atoms with E-state index in [1.165, 1.54) is 0 Å². The molecule has 1 unspecified atom stereocenters. The summed E-state index contributed by atoms with van der Waals surface area (Å²) in [5.74, 6) is 0.0697. The third kappa shape index (κ3) is 3.15. The predicted octanol–water partition coefficient (Wildman–Crippen LogP) is 1.72. The monoisotopic (exact) mass is 277 g/mol. The number of nitrogens with zero attached hydrogens (tertiary/aromatic N) is 3. The van der Waals surface area contributed by atoms with Gasteiger partial charge in [-0.2, -0.15) is 10.2 Å². The molecule has 0 saturated carbocycles. The highest BCUT2D eigenvalue weighted by molar-refractivity contribution is 5.95. The van der Waals surface area contributed by atoms with Gasteiger partial charge in [-0.15, -0.1) is 0 Å². The van der Waals surface area contributed by atoms with E-state index in [0.29, 0.717) is 12.0 Å². The molecule has 1 aromatic heterocycles. The summed E-state index contributed by atoms with van der Waals surface area (Å²) in [6.07, 6.45) is 4.42. The number of aryl methyl sites for hydroxylation is 2. The molecule has 5 nitrogen and oxygen atoms in total. The molecule has 0 spiro atoms. The molecule has 0 aromatic carbocycles. The second-order valence-corrected chi connectivity index (χ2v) is 5.36. The molecule has 1 atom stereocenters. The van der Waals surface area contributed by atoms with Gasteiger partial charge in [0, 0.05) is 19.2 Å². The lowest BCUT2D eigenvalue weighted by Gasteiger charge is -2.25. The molecule has 1 aromatic rings. The number of carbonyl (C=O) groups excluding carboxylic acids is 1. The summed E-state index contributed by atoms with van der Waals surface area (Å²) >= 11 is 0. The quantitative estimate of drug-likeness (QED) is 0.890. The average Bonchev–Trinajstić information content (AvgIpc) is 2.92. The van der Waals surface area contributed by atoms with Gasteiger partial charge in [-0.05, 0) is 45.1 Å². The standard InChI is InChI=1S/C15H23N3O2/c1-3-14-13(10-11(2)16-17-14)15(20)18-8-4-6-12(18)7-5-9-19/h10,12,19H,3-9H2,1-2H3. The van der Waals surface area contributed by atoms with E-state index in [9.17, 15) is 4.79 Å². The van der Waals surface area contributed by atoms with Gasteiger partial charge in [0.2, 0.25) is 0 Å². The SMILES string of the molecule is CCc1nnc(C)cc1C(=O)N1CCCC1CCCO. The van der Waals surface area contributed by atoms with Crippen LogP contribution >= 0.6 is 0 Å². The van der Waals surface area contributed by atoms with Crippen LogP contribution in [0.25, 0.3) is 0 Å². The number of carbonyl (C=O) groups is 1. The molecular weight excluding hydrogens is 254 g/mol. The highest BCUT2D eigenvalue weighted by Crippen LogP contribution is 2.24. The minimum absolute atomic E-state index is 0.0697. The zero-order valence-corrected chi connectivity index (χ0v) is 12.3. The van der Waals surface area contributed by atoms with Crippen LogP contribution in [-0.4, -0.2) is 45.3 Å². The molecule has 1 aliphatic heterocycles. The Morgan fingerprint density at radius 1 is 1.50 bits per heavy atom. The lowest BCUT2D eigenvalue weighted by Crippen LogP contribution is -2.36. The number of aromatic nitrogens is 2. The summed E-state index contributed by atoms with van der Waals surface area (Å²) in [5.41, 5.74) is 2.24. The highest BCUT2D eigenvalue weighted by atomic mass is 16.3. The Labute approximate surface area is 120 Å². The van der Waals surface area contributed by atoms with E-state index in [2.05, 4.69) is 10.2 Å². The van der Waals surface area contributed by atoms with E-state index in [-0.39, 0.29) is 18.6 Å². The maximum absolute atomic E-state index is 12.7. The Hall–Kier alpha value is -1.49. The van der Waals surface area contributed by atoms with E-state index in [0.717, 1.165) is 43.6 Å². The van der Waals surface area contributed by atoms with Crippen molar-refractivity contribution in [1.29, 1.82) is 0 Å². The predicted molar refractivity (Wildman–Crippen MR) is 76.5 cm³/mol. The third-order valence-corrected chi connectivity index (χ3v) is 3.89. The van der Waals surface area contributed by atoms with Gasteiger partial charge in [0.25, 0.3) is 5.91 Å². The molecule has 110 valence electrons. The first kappa shape index (κ1) is 14.9. The van der Waals surface area contributed by atoms with Crippen LogP contribution in [0.15, 0.2) is 6.07 Å². The van der Waals surface area contributed by atoms with Gasteiger partial charge in [-0.1, -0.05) is 6.92 Å². The molecule has 0 bridgehead atoms. The van der Waals surface area contributed by atoms with Crippen molar-refractivity contribution in [3.8, 4) is 0 Å². The minimum Gasteiger partial charge on any atom is -0.396 e. The summed E-state index contributed by atoms with van der Waals surface area (Å²) in [5, 5.41) is 17.1. The van der Waals surface area contributed by atoms with Crippen LogP contribution in [0.3, 0.4) is 0 Å². The first-order valence-electron chi connectivity index (χ1n) is 7.42. The molecule has 1 amide bonds. The summed E-state index contributed by atoms with van der Waals surface area (Å²) in [6, 6.07) is 2.10. The van der Waals surface area contributed by atoms with Gasteiger partial charge in [-0.25, -0.2) is 0 Å². The number of aliphatic hydroxyl groups is 1. The second-order valence-electron chi connectivity index (χ2n) is 5.36.